The van der Waals surface area contributed by atoms with Crippen molar-refractivity contribution in [1.82, 2.24) is 0 Å². The van der Waals surface area contributed by atoms with Gasteiger partial charge in [0.25, 0.3) is 0 Å². The van der Waals surface area contributed by atoms with E-state index in [1.165, 1.54) is 0 Å². The summed E-state index contributed by atoms with van der Waals surface area (Å²) in [5.41, 5.74) is 7.46. The Morgan fingerprint density at radius 3 is 2.35 bits per heavy atom. The van der Waals surface area contributed by atoms with E-state index >= 15 is 0 Å². The number of rotatable bonds is 8. The lowest BCUT2D eigenvalue weighted by molar-refractivity contribution is 0.205. The molecule has 6 heteroatoms. The number of hydrogen-bond donors (Lipinski definition) is 1. The number of nitriles is 1. The van der Waals surface area contributed by atoms with Crippen LogP contribution in [-0.4, -0.2) is 41.0 Å². The largest absolute Gasteiger partial charge is 0.493 e. The molecule has 0 spiro atoms. The number of nitrogen functional groups attached to an aromatic ring is 1. The summed E-state index contributed by atoms with van der Waals surface area (Å²) >= 11 is 0. The zero-order valence-electron chi connectivity index (χ0n) is 12.2. The van der Waals surface area contributed by atoms with Gasteiger partial charge in [-0.15, -0.1) is 0 Å². The Kier molecular flexibility index (Phi) is 6.47. The van der Waals surface area contributed by atoms with Gasteiger partial charge in [0.15, 0.2) is 11.5 Å². The molecule has 0 saturated carbocycles. The van der Waals surface area contributed by atoms with E-state index in [1.54, 1.807) is 27.4 Å². The molecular formula is C14H21N3O3. The van der Waals surface area contributed by atoms with Gasteiger partial charge in [-0.05, 0) is 0 Å². The Morgan fingerprint density at radius 2 is 1.80 bits per heavy atom. The van der Waals surface area contributed by atoms with Crippen LogP contribution in [0.4, 0.5) is 11.4 Å². The molecule has 0 fully saturated rings. The Bertz CT molecular complexity index is 471. The zero-order chi connectivity index (χ0) is 15.0. The molecule has 6 nitrogen and oxygen atoms in total. The van der Waals surface area contributed by atoms with Crippen LogP contribution in [0.15, 0.2) is 12.1 Å². The third-order valence-corrected chi connectivity index (χ3v) is 2.93. The van der Waals surface area contributed by atoms with Crippen molar-refractivity contribution in [3.8, 4) is 17.6 Å². The predicted molar refractivity (Wildman–Crippen MR) is 78.3 cm³/mol. The van der Waals surface area contributed by atoms with Gasteiger partial charge in [-0.1, -0.05) is 0 Å². The first-order chi connectivity index (χ1) is 9.67. The van der Waals surface area contributed by atoms with Crippen molar-refractivity contribution in [2.75, 3.05) is 51.7 Å². The molecule has 0 bridgehead atoms. The van der Waals surface area contributed by atoms with Crippen molar-refractivity contribution in [2.45, 2.75) is 6.42 Å². The second kappa shape index (κ2) is 8.12. The maximum Gasteiger partial charge on any atom is 0.162 e. The molecular weight excluding hydrogens is 258 g/mol. The maximum absolute atomic E-state index is 8.76. The van der Waals surface area contributed by atoms with Crippen LogP contribution in [0.5, 0.6) is 11.5 Å². The number of nitrogens with zero attached hydrogens (tertiary/aromatic N) is 2. The van der Waals surface area contributed by atoms with Crippen LogP contribution < -0.4 is 20.1 Å². The van der Waals surface area contributed by atoms with Crippen LogP contribution in [0, 0.1) is 11.3 Å². The van der Waals surface area contributed by atoms with Crippen molar-refractivity contribution in [3.63, 3.8) is 0 Å². The minimum Gasteiger partial charge on any atom is -0.493 e. The van der Waals surface area contributed by atoms with Gasteiger partial charge >= 0.3 is 0 Å². The van der Waals surface area contributed by atoms with Gasteiger partial charge in [-0.25, -0.2) is 0 Å². The minimum absolute atomic E-state index is 0.414. The highest BCUT2D eigenvalue weighted by atomic mass is 16.5. The van der Waals surface area contributed by atoms with Crippen molar-refractivity contribution in [1.29, 1.82) is 5.26 Å². The molecule has 0 radical (unpaired) electrons. The molecule has 0 amide bonds. The molecule has 0 aromatic heterocycles. The van der Waals surface area contributed by atoms with Gasteiger partial charge in [-0.3, -0.25) is 0 Å². The van der Waals surface area contributed by atoms with Gasteiger partial charge in [0.1, 0.15) is 0 Å². The number of nitrogens with two attached hydrogens (primary N) is 1. The van der Waals surface area contributed by atoms with Gasteiger partial charge in [0.05, 0.1) is 44.7 Å². The number of ether oxygens (including phenoxy) is 3. The van der Waals surface area contributed by atoms with Crippen LogP contribution in [0.1, 0.15) is 6.42 Å². The summed E-state index contributed by atoms with van der Waals surface area (Å²) in [4.78, 5) is 2.00. The van der Waals surface area contributed by atoms with Crippen LogP contribution in [0.25, 0.3) is 0 Å². The van der Waals surface area contributed by atoms with Crippen molar-refractivity contribution in [3.05, 3.63) is 12.1 Å². The van der Waals surface area contributed by atoms with E-state index in [0.29, 0.717) is 43.3 Å². The summed E-state index contributed by atoms with van der Waals surface area (Å²) < 4.78 is 15.6. The van der Waals surface area contributed by atoms with E-state index in [0.717, 1.165) is 5.69 Å². The molecule has 1 aromatic carbocycles. The second-order valence-electron chi connectivity index (χ2n) is 4.15. The topological polar surface area (TPSA) is 80.7 Å². The average molecular weight is 279 g/mol. The molecule has 0 aliphatic carbocycles. The van der Waals surface area contributed by atoms with Crippen molar-refractivity contribution < 1.29 is 14.2 Å². The monoisotopic (exact) mass is 279 g/mol. The summed E-state index contributed by atoms with van der Waals surface area (Å²) in [5, 5.41) is 8.76. The van der Waals surface area contributed by atoms with E-state index in [1.807, 2.05) is 11.0 Å². The molecule has 0 aliphatic heterocycles. The Morgan fingerprint density at radius 1 is 1.15 bits per heavy atom. The summed E-state index contributed by atoms with van der Waals surface area (Å²) in [5.74, 6) is 1.19. The first-order valence-corrected chi connectivity index (χ1v) is 6.30. The summed E-state index contributed by atoms with van der Waals surface area (Å²) in [6.07, 6.45) is 0.414. The van der Waals surface area contributed by atoms with Crippen molar-refractivity contribution >= 4 is 11.4 Å². The molecule has 0 heterocycles. The first-order valence-electron chi connectivity index (χ1n) is 6.30. The SMILES string of the molecule is COCCN(CCC#N)c1cc(OC)c(OC)cc1N. The van der Waals surface area contributed by atoms with Gasteiger partial charge < -0.3 is 24.8 Å². The summed E-state index contributed by atoms with van der Waals surface area (Å²) in [6.45, 7) is 1.79. The standard InChI is InChI=1S/C14H21N3O3/c1-18-8-7-17(6-4-5-15)12-10-14(20-3)13(19-2)9-11(12)16/h9-10H,4,6-8,16H2,1-3H3. The van der Waals surface area contributed by atoms with E-state index < -0.39 is 0 Å². The summed E-state index contributed by atoms with van der Waals surface area (Å²) in [7, 11) is 4.78. The number of hydrogen-bond acceptors (Lipinski definition) is 6. The highest BCUT2D eigenvalue weighted by molar-refractivity contribution is 5.73. The number of anilines is 2. The molecule has 2 N–H and O–H groups in total. The molecule has 0 atom stereocenters. The van der Waals surface area contributed by atoms with Gasteiger partial charge in [0.2, 0.25) is 0 Å². The van der Waals surface area contributed by atoms with E-state index in [-0.39, 0.29) is 0 Å². The fourth-order valence-electron chi connectivity index (χ4n) is 1.90. The Balaban J connectivity index is 3.07. The fraction of sp³-hybridized carbons (Fsp3) is 0.500. The molecule has 1 aromatic rings. The number of methoxy groups -OCH3 is 3. The predicted octanol–water partition coefficient (Wildman–Crippen LogP) is 1.65. The van der Waals surface area contributed by atoms with Crippen molar-refractivity contribution in [2.24, 2.45) is 0 Å². The fourth-order valence-corrected chi connectivity index (χ4v) is 1.90. The lowest BCUT2D eigenvalue weighted by Gasteiger charge is -2.26. The number of benzene rings is 1. The van der Waals surface area contributed by atoms with E-state index in [2.05, 4.69) is 6.07 Å². The highest BCUT2D eigenvalue weighted by Gasteiger charge is 2.14. The smallest absolute Gasteiger partial charge is 0.162 e. The van der Waals surface area contributed by atoms with Gasteiger partial charge in [0, 0.05) is 32.3 Å². The minimum atomic E-state index is 0.414. The molecule has 0 unspecified atom stereocenters. The summed E-state index contributed by atoms with van der Waals surface area (Å²) in [6, 6.07) is 5.68. The molecule has 110 valence electrons. The Hall–Kier alpha value is -2.13. The third-order valence-electron chi connectivity index (χ3n) is 2.93. The third kappa shape index (κ3) is 3.93. The van der Waals surface area contributed by atoms with Crippen LogP contribution in [0.3, 0.4) is 0 Å². The van der Waals surface area contributed by atoms with Gasteiger partial charge in [-0.2, -0.15) is 5.26 Å². The van der Waals surface area contributed by atoms with Crippen LogP contribution in [0.2, 0.25) is 0 Å². The van der Waals surface area contributed by atoms with Crippen LogP contribution >= 0.6 is 0 Å². The zero-order valence-corrected chi connectivity index (χ0v) is 12.2. The quantitative estimate of drug-likeness (QED) is 0.729. The van der Waals surface area contributed by atoms with Crippen LogP contribution in [-0.2, 0) is 4.74 Å². The normalized spacial score (nSPS) is 9.90. The highest BCUT2D eigenvalue weighted by Crippen LogP contribution is 2.36. The maximum atomic E-state index is 8.76. The van der Waals surface area contributed by atoms with E-state index in [4.69, 9.17) is 25.2 Å². The Labute approximate surface area is 119 Å². The lowest BCUT2D eigenvalue weighted by atomic mass is 10.2. The average Bonchev–Trinajstić information content (AvgIpc) is 2.47. The van der Waals surface area contributed by atoms with E-state index in [9.17, 15) is 0 Å². The molecule has 20 heavy (non-hydrogen) atoms. The molecule has 0 saturated heterocycles. The first kappa shape index (κ1) is 15.9. The molecule has 1 rings (SSSR count). The molecule has 0 aliphatic rings. The lowest BCUT2D eigenvalue weighted by Crippen LogP contribution is -2.29. The second-order valence-corrected chi connectivity index (χ2v) is 4.15.